The first kappa shape index (κ1) is 21.3. The number of fused-ring (bicyclic) bond motifs is 2. The lowest BCUT2D eigenvalue weighted by Gasteiger charge is -2.35. The number of amides is 1. The van der Waals surface area contributed by atoms with Crippen molar-refractivity contribution in [2.75, 3.05) is 6.54 Å². The van der Waals surface area contributed by atoms with E-state index in [1.807, 2.05) is 30.0 Å². The molecule has 0 radical (unpaired) electrons. The fraction of sp³-hybridized carbons (Fsp3) is 0.269. The van der Waals surface area contributed by atoms with Gasteiger partial charge in [0.2, 0.25) is 0 Å². The van der Waals surface area contributed by atoms with Crippen molar-refractivity contribution in [2.45, 2.75) is 38.1 Å². The van der Waals surface area contributed by atoms with Gasteiger partial charge in [0.15, 0.2) is 5.65 Å². The van der Waals surface area contributed by atoms with E-state index in [1.165, 1.54) is 23.3 Å². The lowest BCUT2D eigenvalue weighted by molar-refractivity contribution is 0.0671. The van der Waals surface area contributed by atoms with Crippen LogP contribution in [0.3, 0.4) is 0 Å². The number of nitrogens with zero attached hydrogens (tertiary/aromatic N) is 4. The maximum absolute atomic E-state index is 14.7. The average molecular weight is 521 g/mol. The van der Waals surface area contributed by atoms with E-state index in [1.54, 1.807) is 10.6 Å². The SMILES string of the molecule is CC1c2ccccc2CCN1C(=O)c1cc(C2CC2)n2nc(-c3c(O)cc(Br)cc3F)cc2n1. The Balaban J connectivity index is 1.43. The molecule has 1 unspecified atom stereocenters. The van der Waals surface area contributed by atoms with E-state index in [0.29, 0.717) is 22.4 Å². The quantitative estimate of drug-likeness (QED) is 0.379. The van der Waals surface area contributed by atoms with Crippen molar-refractivity contribution < 1.29 is 14.3 Å². The summed E-state index contributed by atoms with van der Waals surface area (Å²) in [6.45, 7) is 2.68. The Morgan fingerprint density at radius 2 is 1.97 bits per heavy atom. The van der Waals surface area contributed by atoms with Crippen molar-refractivity contribution in [3.8, 4) is 17.0 Å². The Morgan fingerprint density at radius 3 is 2.74 bits per heavy atom. The number of phenols is 1. The van der Waals surface area contributed by atoms with Gasteiger partial charge in [-0.25, -0.2) is 13.9 Å². The van der Waals surface area contributed by atoms with Gasteiger partial charge in [-0.2, -0.15) is 5.10 Å². The van der Waals surface area contributed by atoms with Crippen LogP contribution in [-0.2, 0) is 6.42 Å². The van der Waals surface area contributed by atoms with Crippen LogP contribution >= 0.6 is 15.9 Å². The number of carbonyl (C=O) groups excluding carboxylic acids is 1. The molecule has 1 amide bonds. The standard InChI is InChI=1S/C26H22BrFN4O2/c1-14-18-5-3-2-4-15(18)8-9-31(14)26(34)21-12-22(16-6-7-16)32-24(29-21)13-20(30-32)25-19(28)10-17(27)11-23(25)33/h2-5,10-14,16,33H,6-9H2,1H3. The second kappa shape index (κ2) is 7.91. The molecule has 1 aliphatic carbocycles. The van der Waals surface area contributed by atoms with E-state index in [2.05, 4.69) is 38.1 Å². The summed E-state index contributed by atoms with van der Waals surface area (Å²) in [4.78, 5) is 20.1. The Bertz CT molecular complexity index is 1440. The molecule has 34 heavy (non-hydrogen) atoms. The van der Waals surface area contributed by atoms with Crippen LogP contribution in [0.15, 0.2) is 53.0 Å². The van der Waals surface area contributed by atoms with E-state index in [9.17, 15) is 14.3 Å². The van der Waals surface area contributed by atoms with Crippen molar-refractivity contribution in [1.82, 2.24) is 19.5 Å². The Morgan fingerprint density at radius 1 is 1.18 bits per heavy atom. The van der Waals surface area contributed by atoms with E-state index < -0.39 is 5.82 Å². The average Bonchev–Trinajstić information content (AvgIpc) is 3.57. The van der Waals surface area contributed by atoms with Gasteiger partial charge in [0.1, 0.15) is 23.0 Å². The molecule has 0 saturated heterocycles. The third-order valence-electron chi connectivity index (χ3n) is 6.82. The van der Waals surface area contributed by atoms with Gasteiger partial charge < -0.3 is 10.0 Å². The Hall–Kier alpha value is -3.26. The van der Waals surface area contributed by atoms with Crippen molar-refractivity contribution in [3.63, 3.8) is 0 Å². The number of aromatic nitrogens is 3. The van der Waals surface area contributed by atoms with Crippen LogP contribution in [0.5, 0.6) is 5.75 Å². The molecule has 1 fully saturated rings. The molecule has 3 heterocycles. The highest BCUT2D eigenvalue weighted by molar-refractivity contribution is 9.10. The lowest BCUT2D eigenvalue weighted by Crippen LogP contribution is -2.39. The van der Waals surface area contributed by atoms with Crippen LogP contribution in [0, 0.1) is 5.82 Å². The van der Waals surface area contributed by atoms with Gasteiger partial charge in [-0.1, -0.05) is 40.2 Å². The van der Waals surface area contributed by atoms with Crippen LogP contribution < -0.4 is 0 Å². The number of hydrogen-bond acceptors (Lipinski definition) is 4. The van der Waals surface area contributed by atoms with Crippen LogP contribution in [0.4, 0.5) is 4.39 Å². The summed E-state index contributed by atoms with van der Waals surface area (Å²) in [6.07, 6.45) is 2.82. The fourth-order valence-corrected chi connectivity index (χ4v) is 5.33. The lowest BCUT2D eigenvalue weighted by atomic mass is 9.93. The van der Waals surface area contributed by atoms with Gasteiger partial charge in [0, 0.05) is 28.7 Å². The van der Waals surface area contributed by atoms with Gasteiger partial charge in [0.25, 0.3) is 5.91 Å². The zero-order valence-corrected chi connectivity index (χ0v) is 20.1. The first-order valence-electron chi connectivity index (χ1n) is 11.4. The molecule has 0 spiro atoms. The third-order valence-corrected chi connectivity index (χ3v) is 7.27. The molecule has 1 N–H and O–H groups in total. The van der Waals surface area contributed by atoms with Crippen molar-refractivity contribution in [3.05, 3.63) is 81.3 Å². The van der Waals surface area contributed by atoms with Gasteiger partial charge in [-0.3, -0.25) is 4.79 Å². The summed E-state index contributed by atoms with van der Waals surface area (Å²) in [5.41, 5.74) is 4.46. The summed E-state index contributed by atoms with van der Waals surface area (Å²) in [6, 6.07) is 14.4. The summed E-state index contributed by atoms with van der Waals surface area (Å²) in [5.74, 6) is -0.625. The number of hydrogen-bond donors (Lipinski definition) is 1. The minimum atomic E-state index is -0.583. The fourth-order valence-electron chi connectivity index (χ4n) is 4.91. The highest BCUT2D eigenvalue weighted by Crippen LogP contribution is 2.41. The molecular formula is C26H22BrFN4O2. The molecule has 0 bridgehead atoms. The van der Waals surface area contributed by atoms with Gasteiger partial charge >= 0.3 is 0 Å². The van der Waals surface area contributed by atoms with Crippen LogP contribution in [0.25, 0.3) is 16.9 Å². The molecule has 1 saturated carbocycles. The predicted molar refractivity (Wildman–Crippen MR) is 129 cm³/mol. The number of aromatic hydroxyl groups is 1. The Kier molecular flexibility index (Phi) is 4.95. The minimum absolute atomic E-state index is 0.0181. The summed E-state index contributed by atoms with van der Waals surface area (Å²) < 4.78 is 16.8. The topological polar surface area (TPSA) is 70.7 Å². The number of rotatable bonds is 3. The molecule has 6 rings (SSSR count). The molecule has 2 aromatic carbocycles. The summed E-state index contributed by atoms with van der Waals surface area (Å²) in [5, 5.41) is 14.9. The van der Waals surface area contributed by atoms with E-state index in [4.69, 9.17) is 0 Å². The Labute approximate surface area is 204 Å². The van der Waals surface area contributed by atoms with E-state index >= 15 is 0 Å². The van der Waals surface area contributed by atoms with Gasteiger partial charge in [-0.15, -0.1) is 0 Å². The second-order valence-electron chi connectivity index (χ2n) is 9.05. The van der Waals surface area contributed by atoms with Crippen LogP contribution in [-0.4, -0.2) is 37.1 Å². The molecule has 8 heteroatoms. The zero-order chi connectivity index (χ0) is 23.6. The first-order chi connectivity index (χ1) is 16.4. The molecule has 2 aliphatic rings. The van der Waals surface area contributed by atoms with E-state index in [-0.39, 0.29) is 34.9 Å². The van der Waals surface area contributed by atoms with E-state index in [0.717, 1.165) is 25.0 Å². The monoisotopic (exact) mass is 520 g/mol. The molecule has 1 aliphatic heterocycles. The maximum atomic E-state index is 14.7. The van der Waals surface area contributed by atoms with Gasteiger partial charge in [-0.05, 0) is 55.5 Å². The predicted octanol–water partition coefficient (Wildman–Crippen LogP) is 5.64. The van der Waals surface area contributed by atoms with Gasteiger partial charge in [0.05, 0.1) is 11.6 Å². The molecule has 2 aromatic heterocycles. The highest BCUT2D eigenvalue weighted by Gasteiger charge is 2.32. The molecule has 172 valence electrons. The van der Waals surface area contributed by atoms with Crippen LogP contribution in [0.1, 0.15) is 59.0 Å². The smallest absolute Gasteiger partial charge is 0.273 e. The largest absolute Gasteiger partial charge is 0.507 e. The zero-order valence-electron chi connectivity index (χ0n) is 18.5. The number of carbonyl (C=O) groups is 1. The van der Waals surface area contributed by atoms with Crippen LogP contribution in [0.2, 0.25) is 0 Å². The molecule has 1 atom stereocenters. The normalized spacial score (nSPS) is 17.7. The molecule has 6 nitrogen and oxygen atoms in total. The maximum Gasteiger partial charge on any atom is 0.273 e. The van der Waals surface area contributed by atoms with Crippen molar-refractivity contribution in [1.29, 1.82) is 0 Å². The molecule has 4 aromatic rings. The van der Waals surface area contributed by atoms with Crippen molar-refractivity contribution >= 4 is 27.5 Å². The number of phenolic OH excluding ortho intramolecular Hbond substituents is 1. The summed E-state index contributed by atoms with van der Waals surface area (Å²) >= 11 is 3.19. The number of benzene rings is 2. The second-order valence-corrected chi connectivity index (χ2v) is 9.96. The summed E-state index contributed by atoms with van der Waals surface area (Å²) in [7, 11) is 0. The molecular weight excluding hydrogens is 499 g/mol. The third kappa shape index (κ3) is 3.48. The highest BCUT2D eigenvalue weighted by atomic mass is 79.9. The minimum Gasteiger partial charge on any atom is -0.507 e. The van der Waals surface area contributed by atoms with Crippen molar-refractivity contribution in [2.24, 2.45) is 0 Å². The first-order valence-corrected chi connectivity index (χ1v) is 12.2. The number of halogens is 2.